The highest BCUT2D eigenvalue weighted by molar-refractivity contribution is 7.12. The van der Waals surface area contributed by atoms with Gasteiger partial charge in [-0.25, -0.2) is 0 Å². The van der Waals surface area contributed by atoms with Crippen LogP contribution in [0.1, 0.15) is 69.1 Å². The minimum absolute atomic E-state index is 0.0396. The van der Waals surface area contributed by atoms with Crippen LogP contribution in [0.5, 0.6) is 0 Å². The van der Waals surface area contributed by atoms with Crippen LogP contribution in [0.2, 0.25) is 0 Å². The zero-order valence-corrected chi connectivity index (χ0v) is 17.5. The van der Waals surface area contributed by atoms with E-state index in [1.54, 1.807) is 0 Å². The van der Waals surface area contributed by atoms with Crippen LogP contribution in [-0.4, -0.2) is 22.5 Å². The molecule has 1 aromatic heterocycles. The fraction of sp³-hybridized carbons (Fsp3) is 0.591. The number of rotatable bonds is 3. The van der Waals surface area contributed by atoms with Crippen molar-refractivity contribution in [2.24, 2.45) is 16.7 Å². The SMILES string of the molecule is Cc1ccc([C@@H](C2=C(O)CC(C)(C)CC2=O)C2C(=O)CC(C)(C)CC2=O)s1. The molecule has 1 saturated carbocycles. The first-order valence-electron chi connectivity index (χ1n) is 9.47. The topological polar surface area (TPSA) is 71.4 Å². The first kappa shape index (κ1) is 20.0. The number of carbonyl (C=O) groups is 3. The molecule has 1 N–H and O–H groups in total. The van der Waals surface area contributed by atoms with Gasteiger partial charge < -0.3 is 5.11 Å². The highest BCUT2D eigenvalue weighted by Crippen LogP contribution is 2.48. The quantitative estimate of drug-likeness (QED) is 0.746. The standard InChI is InChI=1S/C22H28O4S/c1-12-6-7-17(27-12)20(18-13(23)8-21(2,3)9-14(18)24)19-15(25)10-22(4,5)11-16(19)26/h6-7,18,20,25H,8-11H2,1-5H3/t20-/m1/s1. The number of allylic oxidation sites excluding steroid dienone is 2. The minimum atomic E-state index is -0.876. The van der Waals surface area contributed by atoms with Crippen molar-refractivity contribution in [2.45, 2.75) is 66.2 Å². The van der Waals surface area contributed by atoms with Crippen LogP contribution in [0, 0.1) is 23.7 Å². The van der Waals surface area contributed by atoms with Gasteiger partial charge in [-0.1, -0.05) is 27.7 Å². The second-order valence-corrected chi connectivity index (χ2v) is 11.0. The maximum absolute atomic E-state index is 13.0. The van der Waals surface area contributed by atoms with E-state index in [1.807, 2.05) is 46.8 Å². The molecule has 0 saturated heterocycles. The van der Waals surface area contributed by atoms with Gasteiger partial charge in [0.25, 0.3) is 0 Å². The molecule has 2 aliphatic rings. The molecule has 0 unspecified atom stereocenters. The first-order valence-corrected chi connectivity index (χ1v) is 10.3. The molecule has 0 aromatic carbocycles. The summed E-state index contributed by atoms with van der Waals surface area (Å²) < 4.78 is 0. The molecule has 1 heterocycles. The summed E-state index contributed by atoms with van der Waals surface area (Å²) in [5.74, 6) is -1.89. The summed E-state index contributed by atoms with van der Waals surface area (Å²) in [5.41, 5.74) is -0.388. The van der Waals surface area contributed by atoms with Crippen LogP contribution >= 0.6 is 11.3 Å². The molecule has 1 aromatic rings. The monoisotopic (exact) mass is 388 g/mol. The van der Waals surface area contributed by atoms with Gasteiger partial charge in [0.15, 0.2) is 5.78 Å². The van der Waals surface area contributed by atoms with Crippen molar-refractivity contribution < 1.29 is 19.5 Å². The molecule has 146 valence electrons. The molecule has 0 amide bonds. The van der Waals surface area contributed by atoms with Crippen LogP contribution < -0.4 is 0 Å². The van der Waals surface area contributed by atoms with Gasteiger partial charge in [-0.15, -0.1) is 11.3 Å². The maximum atomic E-state index is 13.0. The molecule has 0 spiro atoms. The Balaban J connectivity index is 2.13. The van der Waals surface area contributed by atoms with Crippen LogP contribution in [0.4, 0.5) is 0 Å². The van der Waals surface area contributed by atoms with Gasteiger partial charge in [0.1, 0.15) is 17.3 Å². The van der Waals surface area contributed by atoms with E-state index in [0.29, 0.717) is 25.7 Å². The molecule has 1 fully saturated rings. The van der Waals surface area contributed by atoms with Crippen molar-refractivity contribution in [2.75, 3.05) is 0 Å². The molecule has 0 radical (unpaired) electrons. The lowest BCUT2D eigenvalue weighted by Crippen LogP contribution is -2.42. The molecule has 1 atom stereocenters. The summed E-state index contributed by atoms with van der Waals surface area (Å²) >= 11 is 1.49. The van der Waals surface area contributed by atoms with Gasteiger partial charge in [0.05, 0.1) is 5.92 Å². The first-order chi connectivity index (χ1) is 12.4. The summed E-state index contributed by atoms with van der Waals surface area (Å²) in [4.78, 5) is 40.8. The number of aliphatic hydroxyl groups is 1. The fourth-order valence-electron chi connectivity index (χ4n) is 4.53. The van der Waals surface area contributed by atoms with E-state index >= 15 is 0 Å². The Morgan fingerprint density at radius 1 is 0.963 bits per heavy atom. The van der Waals surface area contributed by atoms with E-state index in [2.05, 4.69) is 0 Å². The summed E-state index contributed by atoms with van der Waals surface area (Å²) in [6.07, 6.45) is 1.33. The Hall–Kier alpha value is -1.75. The van der Waals surface area contributed by atoms with Crippen LogP contribution in [0.15, 0.2) is 23.5 Å². The molecular formula is C22H28O4S. The van der Waals surface area contributed by atoms with E-state index in [9.17, 15) is 19.5 Å². The van der Waals surface area contributed by atoms with Crippen LogP contribution in [0.3, 0.4) is 0 Å². The largest absolute Gasteiger partial charge is 0.512 e. The van der Waals surface area contributed by atoms with E-state index in [0.717, 1.165) is 9.75 Å². The van der Waals surface area contributed by atoms with Gasteiger partial charge in [0.2, 0.25) is 0 Å². The zero-order chi connectivity index (χ0) is 20.1. The van der Waals surface area contributed by atoms with Crippen molar-refractivity contribution in [1.82, 2.24) is 0 Å². The maximum Gasteiger partial charge on any atom is 0.163 e. The number of aryl methyl sites for hydroxylation is 1. The predicted molar refractivity (Wildman–Crippen MR) is 106 cm³/mol. The fourth-order valence-corrected chi connectivity index (χ4v) is 5.55. The molecule has 4 nitrogen and oxygen atoms in total. The lowest BCUT2D eigenvalue weighted by molar-refractivity contribution is -0.140. The Morgan fingerprint density at radius 2 is 1.52 bits per heavy atom. The second kappa shape index (κ2) is 6.69. The second-order valence-electron chi connectivity index (χ2n) is 9.66. The smallest absolute Gasteiger partial charge is 0.163 e. The minimum Gasteiger partial charge on any atom is -0.512 e. The van der Waals surface area contributed by atoms with E-state index in [-0.39, 0.29) is 39.5 Å². The zero-order valence-electron chi connectivity index (χ0n) is 16.7. The summed E-state index contributed by atoms with van der Waals surface area (Å²) in [7, 11) is 0. The average molecular weight is 389 g/mol. The summed E-state index contributed by atoms with van der Waals surface area (Å²) in [6, 6.07) is 3.82. The Kier molecular flexibility index (Phi) is 4.96. The Labute approximate surface area is 164 Å². The summed E-state index contributed by atoms with van der Waals surface area (Å²) in [6.45, 7) is 9.70. The highest BCUT2D eigenvalue weighted by Gasteiger charge is 2.48. The normalized spacial score (nSPS) is 24.4. The third kappa shape index (κ3) is 3.93. The molecule has 0 aliphatic heterocycles. The number of aliphatic hydroxyl groups excluding tert-OH is 1. The average Bonchev–Trinajstić information content (AvgIpc) is 2.87. The lowest BCUT2D eigenvalue weighted by atomic mass is 9.64. The number of thiophene rings is 1. The Morgan fingerprint density at radius 3 is 2.00 bits per heavy atom. The van der Waals surface area contributed by atoms with E-state index in [1.165, 1.54) is 11.3 Å². The number of Topliss-reactive ketones (excluding diaryl/α,β-unsaturated/α-hetero) is 3. The van der Waals surface area contributed by atoms with E-state index in [4.69, 9.17) is 0 Å². The van der Waals surface area contributed by atoms with E-state index < -0.39 is 11.8 Å². The third-order valence-corrected chi connectivity index (χ3v) is 6.69. The molecule has 0 bridgehead atoms. The number of hydrogen-bond donors (Lipinski definition) is 1. The number of carbonyl (C=O) groups excluding carboxylic acids is 3. The predicted octanol–water partition coefficient (Wildman–Crippen LogP) is 4.92. The van der Waals surface area contributed by atoms with Crippen LogP contribution in [-0.2, 0) is 14.4 Å². The van der Waals surface area contributed by atoms with Gasteiger partial charge in [-0.05, 0) is 29.9 Å². The van der Waals surface area contributed by atoms with Gasteiger partial charge in [-0.3, -0.25) is 14.4 Å². The summed E-state index contributed by atoms with van der Waals surface area (Å²) in [5, 5.41) is 10.8. The third-order valence-electron chi connectivity index (χ3n) is 5.61. The molecular weight excluding hydrogens is 360 g/mol. The van der Waals surface area contributed by atoms with Crippen molar-refractivity contribution in [1.29, 1.82) is 0 Å². The molecule has 3 rings (SSSR count). The van der Waals surface area contributed by atoms with Gasteiger partial charge in [0, 0.05) is 46.9 Å². The van der Waals surface area contributed by atoms with Gasteiger partial charge in [-0.2, -0.15) is 0 Å². The van der Waals surface area contributed by atoms with Crippen LogP contribution in [0.25, 0.3) is 0 Å². The lowest BCUT2D eigenvalue weighted by Gasteiger charge is -2.38. The number of hydrogen-bond acceptors (Lipinski definition) is 5. The highest BCUT2D eigenvalue weighted by atomic mass is 32.1. The number of ketones is 3. The van der Waals surface area contributed by atoms with Crippen molar-refractivity contribution in [3.8, 4) is 0 Å². The van der Waals surface area contributed by atoms with Crippen molar-refractivity contribution >= 4 is 28.7 Å². The Bertz CT molecular complexity index is 820. The van der Waals surface area contributed by atoms with Crippen molar-refractivity contribution in [3.05, 3.63) is 33.2 Å². The molecule has 27 heavy (non-hydrogen) atoms. The van der Waals surface area contributed by atoms with Crippen molar-refractivity contribution in [3.63, 3.8) is 0 Å². The van der Waals surface area contributed by atoms with Gasteiger partial charge >= 0.3 is 0 Å². The molecule has 2 aliphatic carbocycles. The molecule has 5 heteroatoms.